The van der Waals surface area contributed by atoms with E-state index in [9.17, 15) is 5.11 Å². The van der Waals surface area contributed by atoms with Crippen LogP contribution < -0.4 is 5.11 Å². The normalized spacial score (nSPS) is 38.2. The van der Waals surface area contributed by atoms with Gasteiger partial charge in [-0.15, -0.1) is 6.10 Å². The second-order valence-corrected chi connectivity index (χ2v) is 2.29. The van der Waals surface area contributed by atoms with Crippen molar-refractivity contribution in [2.45, 2.75) is 31.5 Å². The smallest absolute Gasteiger partial charge is 0.0560 e. The average molecular weight is 115 g/mol. The highest BCUT2D eigenvalue weighted by atomic mass is 16.5. The molecule has 2 heteroatoms. The SMILES string of the molecule is CO[C@@H]1CCC([O-])C1. The molecule has 0 amide bonds. The quantitative estimate of drug-likeness (QED) is 0.478. The Bertz CT molecular complexity index is 72.9. The number of rotatable bonds is 1. The van der Waals surface area contributed by atoms with E-state index in [-0.39, 0.29) is 12.2 Å². The molecule has 1 aliphatic carbocycles. The van der Waals surface area contributed by atoms with Gasteiger partial charge in [0.05, 0.1) is 6.10 Å². The molecule has 0 N–H and O–H groups in total. The van der Waals surface area contributed by atoms with Crippen LogP contribution in [0.15, 0.2) is 0 Å². The summed E-state index contributed by atoms with van der Waals surface area (Å²) in [7, 11) is 1.67. The summed E-state index contributed by atoms with van der Waals surface area (Å²) in [6.45, 7) is 0. The van der Waals surface area contributed by atoms with Crippen molar-refractivity contribution in [2.24, 2.45) is 0 Å². The van der Waals surface area contributed by atoms with Crippen LogP contribution in [0.4, 0.5) is 0 Å². The van der Waals surface area contributed by atoms with Crippen molar-refractivity contribution in [2.75, 3.05) is 7.11 Å². The Morgan fingerprint density at radius 2 is 2.25 bits per heavy atom. The molecule has 2 nitrogen and oxygen atoms in total. The minimum absolute atomic E-state index is 0.262. The lowest BCUT2D eigenvalue weighted by molar-refractivity contribution is -0.418. The van der Waals surface area contributed by atoms with E-state index in [1.807, 2.05) is 0 Å². The topological polar surface area (TPSA) is 32.3 Å². The summed E-state index contributed by atoms with van der Waals surface area (Å²) in [5.41, 5.74) is 0. The molecule has 1 unspecified atom stereocenters. The predicted molar refractivity (Wildman–Crippen MR) is 28.4 cm³/mol. The van der Waals surface area contributed by atoms with Crippen LogP contribution in [0.3, 0.4) is 0 Å². The first-order valence-electron chi connectivity index (χ1n) is 3.01. The van der Waals surface area contributed by atoms with Crippen LogP contribution in [-0.4, -0.2) is 19.3 Å². The van der Waals surface area contributed by atoms with Crippen molar-refractivity contribution in [3.63, 3.8) is 0 Å². The van der Waals surface area contributed by atoms with E-state index in [1.54, 1.807) is 7.11 Å². The van der Waals surface area contributed by atoms with E-state index in [2.05, 4.69) is 0 Å². The summed E-state index contributed by atoms with van der Waals surface area (Å²) in [4.78, 5) is 0. The Morgan fingerprint density at radius 1 is 1.50 bits per heavy atom. The summed E-state index contributed by atoms with van der Waals surface area (Å²) >= 11 is 0. The van der Waals surface area contributed by atoms with Crippen LogP contribution in [0.25, 0.3) is 0 Å². The van der Waals surface area contributed by atoms with Crippen LogP contribution in [0.5, 0.6) is 0 Å². The molecule has 1 rings (SSSR count). The Morgan fingerprint density at radius 3 is 2.50 bits per heavy atom. The second-order valence-electron chi connectivity index (χ2n) is 2.29. The number of hydrogen-bond donors (Lipinski definition) is 0. The van der Waals surface area contributed by atoms with Crippen molar-refractivity contribution in [3.05, 3.63) is 0 Å². The van der Waals surface area contributed by atoms with Gasteiger partial charge >= 0.3 is 0 Å². The lowest BCUT2D eigenvalue weighted by atomic mass is 10.3. The van der Waals surface area contributed by atoms with E-state index in [4.69, 9.17) is 4.74 Å². The first-order chi connectivity index (χ1) is 3.83. The monoisotopic (exact) mass is 115 g/mol. The average Bonchev–Trinajstić information content (AvgIpc) is 2.14. The van der Waals surface area contributed by atoms with Crippen molar-refractivity contribution in [1.82, 2.24) is 0 Å². The molecule has 2 atom stereocenters. The molecular weight excluding hydrogens is 104 g/mol. The van der Waals surface area contributed by atoms with Gasteiger partial charge in [-0.05, 0) is 12.8 Å². The fourth-order valence-corrected chi connectivity index (χ4v) is 1.11. The maximum absolute atomic E-state index is 10.6. The minimum atomic E-state index is -0.347. The second kappa shape index (κ2) is 2.46. The van der Waals surface area contributed by atoms with Gasteiger partial charge in [0, 0.05) is 7.11 Å². The molecule has 0 aromatic carbocycles. The maximum atomic E-state index is 10.6. The minimum Gasteiger partial charge on any atom is -0.852 e. The highest BCUT2D eigenvalue weighted by molar-refractivity contribution is 4.72. The molecule has 0 aromatic rings. The van der Waals surface area contributed by atoms with E-state index in [1.165, 1.54) is 0 Å². The molecule has 8 heavy (non-hydrogen) atoms. The number of ether oxygens (including phenoxy) is 1. The highest BCUT2D eigenvalue weighted by Crippen LogP contribution is 2.18. The molecule has 0 aliphatic heterocycles. The molecule has 1 saturated carbocycles. The molecule has 0 bridgehead atoms. The van der Waals surface area contributed by atoms with Crippen molar-refractivity contribution >= 4 is 0 Å². The first kappa shape index (κ1) is 6.05. The van der Waals surface area contributed by atoms with Gasteiger partial charge < -0.3 is 9.84 Å². The van der Waals surface area contributed by atoms with Crippen molar-refractivity contribution in [3.8, 4) is 0 Å². The molecule has 0 saturated heterocycles. The number of methoxy groups -OCH3 is 1. The zero-order valence-electron chi connectivity index (χ0n) is 5.09. The van der Waals surface area contributed by atoms with E-state index >= 15 is 0 Å². The molecule has 0 aromatic heterocycles. The molecule has 0 heterocycles. The summed E-state index contributed by atoms with van der Waals surface area (Å²) in [6.07, 6.45) is 2.40. The van der Waals surface area contributed by atoms with Crippen molar-refractivity contribution < 1.29 is 9.84 Å². The van der Waals surface area contributed by atoms with Gasteiger partial charge in [0.25, 0.3) is 0 Å². The van der Waals surface area contributed by atoms with Gasteiger partial charge in [0.2, 0.25) is 0 Å². The molecule has 1 fully saturated rings. The van der Waals surface area contributed by atoms with Gasteiger partial charge in [-0.1, -0.05) is 6.42 Å². The largest absolute Gasteiger partial charge is 0.852 e. The molecular formula is C6H11O2-. The molecule has 0 spiro atoms. The zero-order valence-corrected chi connectivity index (χ0v) is 5.09. The summed E-state index contributed by atoms with van der Waals surface area (Å²) in [6, 6.07) is 0. The number of hydrogen-bond acceptors (Lipinski definition) is 2. The third-order valence-electron chi connectivity index (χ3n) is 1.67. The summed E-state index contributed by atoms with van der Waals surface area (Å²) < 4.78 is 4.98. The van der Waals surface area contributed by atoms with E-state index in [0.29, 0.717) is 0 Å². The predicted octanol–water partition coefficient (Wildman–Crippen LogP) is -0.0858. The fourth-order valence-electron chi connectivity index (χ4n) is 1.11. The lowest BCUT2D eigenvalue weighted by Gasteiger charge is -2.12. The molecule has 1 aliphatic rings. The van der Waals surface area contributed by atoms with Crippen LogP contribution in [0.2, 0.25) is 0 Å². The summed E-state index contributed by atoms with van der Waals surface area (Å²) in [5.74, 6) is 0. The Hall–Kier alpha value is -0.0800. The third kappa shape index (κ3) is 1.20. The Balaban J connectivity index is 2.22. The van der Waals surface area contributed by atoms with Gasteiger partial charge in [0.15, 0.2) is 0 Å². The van der Waals surface area contributed by atoms with Gasteiger partial charge in [-0.2, -0.15) is 0 Å². The molecule has 48 valence electrons. The highest BCUT2D eigenvalue weighted by Gasteiger charge is 2.15. The Kier molecular flexibility index (Phi) is 1.86. The Labute approximate surface area is 49.5 Å². The zero-order chi connectivity index (χ0) is 5.98. The van der Waals surface area contributed by atoms with Crippen LogP contribution >= 0.6 is 0 Å². The van der Waals surface area contributed by atoms with Crippen LogP contribution in [-0.2, 0) is 4.74 Å². The van der Waals surface area contributed by atoms with Gasteiger partial charge in [0.1, 0.15) is 0 Å². The lowest BCUT2D eigenvalue weighted by Crippen LogP contribution is -2.21. The molecule has 0 radical (unpaired) electrons. The first-order valence-corrected chi connectivity index (χ1v) is 3.01. The summed E-state index contributed by atoms with van der Waals surface area (Å²) in [5, 5.41) is 10.6. The van der Waals surface area contributed by atoms with Crippen LogP contribution in [0, 0.1) is 0 Å². The van der Waals surface area contributed by atoms with Gasteiger partial charge in [-0.25, -0.2) is 0 Å². The maximum Gasteiger partial charge on any atom is 0.0560 e. The van der Waals surface area contributed by atoms with Crippen LogP contribution in [0.1, 0.15) is 19.3 Å². The van der Waals surface area contributed by atoms with E-state index < -0.39 is 0 Å². The standard InChI is InChI=1S/C6H11O2/c1-8-6-3-2-5(7)4-6/h5-6H,2-4H2,1H3/q-1/t5?,6-/m1/s1. The fraction of sp³-hybridized carbons (Fsp3) is 1.00. The van der Waals surface area contributed by atoms with E-state index in [0.717, 1.165) is 19.3 Å². The van der Waals surface area contributed by atoms with Crippen molar-refractivity contribution in [1.29, 1.82) is 0 Å². The van der Waals surface area contributed by atoms with Gasteiger partial charge in [-0.3, -0.25) is 0 Å². The third-order valence-corrected chi connectivity index (χ3v) is 1.67.